The van der Waals surface area contributed by atoms with Gasteiger partial charge >= 0.3 is 0 Å². The molecule has 0 saturated heterocycles. The van der Waals surface area contributed by atoms with Gasteiger partial charge < -0.3 is 10.6 Å². The van der Waals surface area contributed by atoms with E-state index in [0.717, 1.165) is 23.2 Å². The normalized spacial score (nSPS) is 12.0. The second-order valence-electron chi connectivity index (χ2n) is 4.31. The molecule has 1 aromatic heterocycles. The predicted octanol–water partition coefficient (Wildman–Crippen LogP) is 3.15. The number of carbonyl (C=O) groups excluding carboxylic acids is 1. The molecule has 1 rings (SSSR count). The van der Waals surface area contributed by atoms with Crippen molar-refractivity contribution in [2.45, 2.75) is 26.3 Å². The molecule has 0 radical (unpaired) electrons. The van der Waals surface area contributed by atoms with Crippen LogP contribution in [0.5, 0.6) is 0 Å². The van der Waals surface area contributed by atoms with Crippen LogP contribution in [0.2, 0.25) is 0 Å². The number of hydrogen-bond donors (Lipinski definition) is 2. The number of hydrogen-bond acceptors (Lipinski definition) is 4. The fourth-order valence-electron chi connectivity index (χ4n) is 1.59. The highest BCUT2D eigenvalue weighted by atomic mass is 79.9. The largest absolute Gasteiger partial charge is 0.369 e. The Morgan fingerprint density at radius 1 is 1.58 bits per heavy atom. The molecule has 0 fully saturated rings. The Morgan fingerprint density at radius 2 is 2.32 bits per heavy atom. The van der Waals surface area contributed by atoms with Gasteiger partial charge in [-0.15, -0.1) is 0 Å². The molecule has 1 unspecified atom stereocenters. The van der Waals surface area contributed by atoms with Gasteiger partial charge in [-0.1, -0.05) is 6.92 Å². The summed E-state index contributed by atoms with van der Waals surface area (Å²) in [6.45, 7) is 4.88. The monoisotopic (exact) mass is 345 g/mol. The molecule has 6 heteroatoms. The molecule has 0 aliphatic carbocycles. The first kappa shape index (κ1) is 16.3. The number of halogens is 1. The van der Waals surface area contributed by atoms with E-state index in [-0.39, 0.29) is 11.9 Å². The summed E-state index contributed by atoms with van der Waals surface area (Å²) in [6, 6.07) is 1.94. The number of thioether (sulfide) groups is 1. The second-order valence-corrected chi connectivity index (χ2v) is 6.13. The van der Waals surface area contributed by atoms with Gasteiger partial charge in [0.05, 0.1) is 5.56 Å². The van der Waals surface area contributed by atoms with Crippen LogP contribution in [0.25, 0.3) is 0 Å². The minimum absolute atomic E-state index is 0.0889. The number of aromatic nitrogens is 1. The lowest BCUT2D eigenvalue weighted by molar-refractivity contribution is 0.0944. The van der Waals surface area contributed by atoms with Gasteiger partial charge in [-0.25, -0.2) is 4.98 Å². The van der Waals surface area contributed by atoms with Crippen LogP contribution in [-0.2, 0) is 0 Å². The van der Waals surface area contributed by atoms with Crippen molar-refractivity contribution in [2.24, 2.45) is 0 Å². The molecule has 4 nitrogen and oxygen atoms in total. The summed E-state index contributed by atoms with van der Waals surface area (Å²) in [5, 5.41) is 6.16. The molecule has 0 aromatic carbocycles. The third-order valence-electron chi connectivity index (χ3n) is 2.44. The maximum Gasteiger partial charge on any atom is 0.255 e. The molecule has 1 atom stereocenters. The summed E-state index contributed by atoms with van der Waals surface area (Å²) < 4.78 is 0.803. The van der Waals surface area contributed by atoms with Crippen LogP contribution < -0.4 is 10.6 Å². The van der Waals surface area contributed by atoms with Crippen LogP contribution in [0.15, 0.2) is 16.7 Å². The molecule has 0 saturated carbocycles. The maximum atomic E-state index is 12.2. The van der Waals surface area contributed by atoms with Crippen molar-refractivity contribution in [3.05, 3.63) is 22.3 Å². The second kappa shape index (κ2) is 8.43. The first-order valence-electron chi connectivity index (χ1n) is 6.27. The van der Waals surface area contributed by atoms with Crippen LogP contribution in [0.1, 0.15) is 30.6 Å². The molecule has 1 aromatic rings. The number of nitrogens with zero attached hydrogens (tertiary/aromatic N) is 1. The lowest BCUT2D eigenvalue weighted by Crippen LogP contribution is -2.34. The Labute approximate surface area is 127 Å². The van der Waals surface area contributed by atoms with Gasteiger partial charge in [0, 0.05) is 29.0 Å². The zero-order valence-corrected chi connectivity index (χ0v) is 13.9. The van der Waals surface area contributed by atoms with Gasteiger partial charge in [-0.2, -0.15) is 11.8 Å². The minimum atomic E-state index is -0.0889. The fraction of sp³-hybridized carbons (Fsp3) is 0.538. The van der Waals surface area contributed by atoms with Gasteiger partial charge in [0.2, 0.25) is 0 Å². The zero-order chi connectivity index (χ0) is 14.3. The molecule has 0 aliphatic rings. The van der Waals surface area contributed by atoms with Gasteiger partial charge in [0.15, 0.2) is 0 Å². The zero-order valence-electron chi connectivity index (χ0n) is 11.5. The highest BCUT2D eigenvalue weighted by Crippen LogP contribution is 2.18. The lowest BCUT2D eigenvalue weighted by Gasteiger charge is -2.15. The molecule has 0 spiro atoms. The Kier molecular flexibility index (Phi) is 7.23. The van der Waals surface area contributed by atoms with Crippen molar-refractivity contribution in [3.8, 4) is 0 Å². The Balaban J connectivity index is 2.84. The van der Waals surface area contributed by atoms with Crippen LogP contribution in [0.3, 0.4) is 0 Å². The number of carbonyl (C=O) groups is 1. The van der Waals surface area contributed by atoms with E-state index in [1.165, 1.54) is 0 Å². The van der Waals surface area contributed by atoms with Gasteiger partial charge in [0.1, 0.15) is 5.82 Å². The lowest BCUT2D eigenvalue weighted by atomic mass is 10.2. The van der Waals surface area contributed by atoms with Crippen molar-refractivity contribution >= 4 is 39.4 Å². The molecular formula is C13H20BrN3OS. The number of nitrogens with one attached hydrogen (secondary N) is 2. The average Bonchev–Trinajstić information content (AvgIpc) is 2.37. The van der Waals surface area contributed by atoms with E-state index in [1.54, 1.807) is 24.0 Å². The van der Waals surface area contributed by atoms with Crippen molar-refractivity contribution in [1.29, 1.82) is 0 Å². The summed E-state index contributed by atoms with van der Waals surface area (Å²) in [7, 11) is 0. The molecule has 2 N–H and O–H groups in total. The molecule has 19 heavy (non-hydrogen) atoms. The third kappa shape index (κ3) is 5.40. The number of pyridine rings is 1. The van der Waals surface area contributed by atoms with Crippen LogP contribution in [0.4, 0.5) is 5.82 Å². The Morgan fingerprint density at radius 3 is 2.95 bits per heavy atom. The third-order valence-corrected chi connectivity index (χ3v) is 3.70. The molecule has 0 aliphatic heterocycles. The Hall–Kier alpha value is -0.750. The summed E-state index contributed by atoms with van der Waals surface area (Å²) in [6.07, 6.45) is 4.71. The van der Waals surface area contributed by atoms with Crippen molar-refractivity contribution in [2.75, 3.05) is 23.9 Å². The van der Waals surface area contributed by atoms with E-state index in [2.05, 4.69) is 38.5 Å². The molecular weight excluding hydrogens is 326 g/mol. The smallest absolute Gasteiger partial charge is 0.255 e. The molecule has 0 bridgehead atoms. The quantitative estimate of drug-likeness (QED) is 0.796. The fourth-order valence-corrected chi connectivity index (χ4v) is 2.50. The first-order chi connectivity index (χ1) is 9.08. The number of anilines is 1. The standard InChI is InChI=1S/C13H20BrN3OS/c1-4-5-15-12-11(6-10(14)7-16-12)13(18)17-9(2)8-19-3/h6-7,9H,4-5,8H2,1-3H3,(H,15,16)(H,17,18). The van der Waals surface area contributed by atoms with E-state index < -0.39 is 0 Å². The highest BCUT2D eigenvalue weighted by molar-refractivity contribution is 9.10. The summed E-state index contributed by atoms with van der Waals surface area (Å²) in [4.78, 5) is 16.5. The summed E-state index contributed by atoms with van der Waals surface area (Å²) >= 11 is 5.07. The van der Waals surface area contributed by atoms with E-state index in [9.17, 15) is 4.79 Å². The topological polar surface area (TPSA) is 54.0 Å². The molecule has 1 heterocycles. The number of amides is 1. The van der Waals surface area contributed by atoms with Gasteiger partial charge in [-0.3, -0.25) is 4.79 Å². The SMILES string of the molecule is CCCNc1ncc(Br)cc1C(=O)NC(C)CSC. The van der Waals surface area contributed by atoms with Crippen molar-refractivity contribution in [1.82, 2.24) is 10.3 Å². The van der Waals surface area contributed by atoms with Gasteiger partial charge in [0.25, 0.3) is 5.91 Å². The maximum absolute atomic E-state index is 12.2. The van der Waals surface area contributed by atoms with E-state index in [0.29, 0.717) is 11.4 Å². The van der Waals surface area contributed by atoms with Crippen LogP contribution in [-0.4, -0.2) is 35.5 Å². The number of rotatable bonds is 7. The van der Waals surface area contributed by atoms with E-state index in [1.807, 2.05) is 13.2 Å². The Bertz CT molecular complexity index is 428. The van der Waals surface area contributed by atoms with Crippen LogP contribution >= 0.6 is 27.7 Å². The van der Waals surface area contributed by atoms with Crippen molar-refractivity contribution in [3.63, 3.8) is 0 Å². The summed E-state index contributed by atoms with van der Waals surface area (Å²) in [5.41, 5.74) is 0.579. The minimum Gasteiger partial charge on any atom is -0.369 e. The van der Waals surface area contributed by atoms with Crippen molar-refractivity contribution < 1.29 is 4.79 Å². The van der Waals surface area contributed by atoms with Gasteiger partial charge in [-0.05, 0) is 41.6 Å². The van der Waals surface area contributed by atoms with Crippen LogP contribution in [0, 0.1) is 0 Å². The van der Waals surface area contributed by atoms with E-state index >= 15 is 0 Å². The average molecular weight is 346 g/mol. The summed E-state index contributed by atoms with van der Waals surface area (Å²) in [5.74, 6) is 1.44. The first-order valence-corrected chi connectivity index (χ1v) is 8.46. The predicted molar refractivity (Wildman–Crippen MR) is 86.0 cm³/mol. The molecule has 1 amide bonds. The van der Waals surface area contributed by atoms with E-state index in [4.69, 9.17) is 0 Å². The molecule has 106 valence electrons. The highest BCUT2D eigenvalue weighted by Gasteiger charge is 2.15.